The van der Waals surface area contributed by atoms with Crippen molar-refractivity contribution in [1.29, 1.82) is 0 Å². The van der Waals surface area contributed by atoms with Gasteiger partial charge >= 0.3 is 0 Å². The summed E-state index contributed by atoms with van der Waals surface area (Å²) in [7, 11) is 3.92. The van der Waals surface area contributed by atoms with Crippen molar-refractivity contribution in [1.82, 2.24) is 4.90 Å². The van der Waals surface area contributed by atoms with Gasteiger partial charge in [-0.2, -0.15) is 0 Å². The van der Waals surface area contributed by atoms with E-state index >= 15 is 0 Å². The molecule has 1 aliphatic carbocycles. The highest BCUT2D eigenvalue weighted by molar-refractivity contribution is 6.03. The Morgan fingerprint density at radius 3 is 2.65 bits per heavy atom. The number of likely N-dealkylation sites (N-methyl/N-ethyl adjacent to an activating group) is 1. The molecule has 2 unspecified atom stereocenters. The van der Waals surface area contributed by atoms with E-state index in [2.05, 4.69) is 6.92 Å². The molecule has 20 heavy (non-hydrogen) atoms. The van der Waals surface area contributed by atoms with Crippen molar-refractivity contribution in [3.8, 4) is 0 Å². The highest BCUT2D eigenvalue weighted by atomic mass is 19.1. The minimum atomic E-state index is -0.473. The Morgan fingerprint density at radius 1 is 1.40 bits per heavy atom. The second-order valence-electron chi connectivity index (χ2n) is 6.42. The van der Waals surface area contributed by atoms with Gasteiger partial charge in [-0.15, -0.1) is 0 Å². The Bertz CT molecular complexity index is 512. The van der Waals surface area contributed by atoms with Crippen molar-refractivity contribution in [3.63, 3.8) is 0 Å². The zero-order chi connectivity index (χ0) is 14.9. The van der Waals surface area contributed by atoms with Crippen molar-refractivity contribution in [2.24, 2.45) is 5.92 Å². The van der Waals surface area contributed by atoms with Crippen LogP contribution in [-0.2, 0) is 0 Å². The number of hydrogen-bond donors (Lipinski definition) is 0. The molecule has 1 aromatic rings. The fourth-order valence-corrected chi connectivity index (χ4v) is 3.34. The Morgan fingerprint density at radius 2 is 2.10 bits per heavy atom. The number of halogens is 1. The molecule has 0 aliphatic heterocycles. The number of benzene rings is 1. The van der Waals surface area contributed by atoms with Crippen molar-refractivity contribution in [2.45, 2.75) is 45.1 Å². The van der Waals surface area contributed by atoms with E-state index in [-0.39, 0.29) is 11.6 Å². The summed E-state index contributed by atoms with van der Waals surface area (Å²) in [6, 6.07) is 4.84. The van der Waals surface area contributed by atoms with Crippen LogP contribution in [0.1, 0.15) is 48.5 Å². The maximum absolute atomic E-state index is 13.7. The summed E-state index contributed by atoms with van der Waals surface area (Å²) in [5.74, 6) is 0.298. The van der Waals surface area contributed by atoms with E-state index in [1.165, 1.54) is 12.5 Å². The molecule has 0 heterocycles. The number of carbonyl (C=O) groups excluding carboxylic acids is 1. The van der Waals surface area contributed by atoms with E-state index < -0.39 is 5.54 Å². The van der Waals surface area contributed by atoms with Crippen LogP contribution in [-0.4, -0.2) is 30.3 Å². The van der Waals surface area contributed by atoms with Crippen molar-refractivity contribution in [2.75, 3.05) is 14.1 Å². The third-order valence-electron chi connectivity index (χ3n) is 4.69. The molecule has 1 saturated carbocycles. The number of ketones is 1. The number of Topliss-reactive ketones (excluding diaryl/α,β-unsaturated/α-hetero) is 1. The summed E-state index contributed by atoms with van der Waals surface area (Å²) >= 11 is 0. The molecule has 0 N–H and O–H groups in total. The number of aryl methyl sites for hydroxylation is 1. The van der Waals surface area contributed by atoms with E-state index in [0.717, 1.165) is 19.3 Å². The number of hydrogen-bond acceptors (Lipinski definition) is 2. The quantitative estimate of drug-likeness (QED) is 0.783. The van der Waals surface area contributed by atoms with Crippen LogP contribution in [0.4, 0.5) is 4.39 Å². The lowest BCUT2D eigenvalue weighted by Gasteiger charge is -2.43. The second kappa shape index (κ2) is 5.65. The van der Waals surface area contributed by atoms with Crippen LogP contribution in [0.2, 0.25) is 0 Å². The summed E-state index contributed by atoms with van der Waals surface area (Å²) in [4.78, 5) is 15.0. The van der Waals surface area contributed by atoms with Crippen LogP contribution in [0.15, 0.2) is 18.2 Å². The molecule has 0 spiro atoms. The fourth-order valence-electron chi connectivity index (χ4n) is 3.34. The largest absolute Gasteiger partial charge is 0.297 e. The molecule has 0 aromatic heterocycles. The van der Waals surface area contributed by atoms with Gasteiger partial charge in [0.1, 0.15) is 5.82 Å². The van der Waals surface area contributed by atoms with Gasteiger partial charge in [0, 0.05) is 5.56 Å². The highest BCUT2D eigenvalue weighted by Gasteiger charge is 2.43. The van der Waals surface area contributed by atoms with E-state index in [1.54, 1.807) is 19.1 Å². The molecule has 0 saturated heterocycles. The SMILES string of the molecule is Cc1ccc(C(=O)C2(N(C)C)CCCC(C)C2)cc1F. The van der Waals surface area contributed by atoms with Crippen molar-refractivity contribution < 1.29 is 9.18 Å². The molecule has 2 rings (SSSR count). The minimum absolute atomic E-state index is 0.0629. The standard InChI is InChI=1S/C17H24FNO/c1-12-6-5-9-17(11-12,19(3)4)16(20)14-8-7-13(2)15(18)10-14/h7-8,10,12H,5-6,9,11H2,1-4H3. The first-order valence-corrected chi connectivity index (χ1v) is 7.35. The zero-order valence-electron chi connectivity index (χ0n) is 12.9. The van der Waals surface area contributed by atoms with Gasteiger partial charge in [0.25, 0.3) is 0 Å². The average Bonchev–Trinajstić information content (AvgIpc) is 2.40. The van der Waals surface area contributed by atoms with Gasteiger partial charge in [-0.05, 0) is 51.4 Å². The number of carbonyl (C=O) groups is 1. The van der Waals surface area contributed by atoms with Gasteiger partial charge in [0.2, 0.25) is 0 Å². The normalized spacial score (nSPS) is 26.8. The first-order chi connectivity index (χ1) is 9.36. The van der Waals surface area contributed by atoms with Gasteiger partial charge in [-0.25, -0.2) is 4.39 Å². The molecule has 1 aliphatic rings. The molecule has 1 fully saturated rings. The maximum Gasteiger partial charge on any atom is 0.183 e. The topological polar surface area (TPSA) is 20.3 Å². The predicted octanol–water partition coefficient (Wildman–Crippen LogP) is 3.83. The molecule has 0 radical (unpaired) electrons. The van der Waals surface area contributed by atoms with Crippen LogP contribution in [0.5, 0.6) is 0 Å². The van der Waals surface area contributed by atoms with Crippen LogP contribution in [0.25, 0.3) is 0 Å². The van der Waals surface area contributed by atoms with Crippen LogP contribution in [0.3, 0.4) is 0 Å². The maximum atomic E-state index is 13.7. The zero-order valence-corrected chi connectivity index (χ0v) is 12.9. The first kappa shape index (κ1) is 15.2. The molecule has 0 bridgehead atoms. The molecule has 3 heteroatoms. The van der Waals surface area contributed by atoms with Crippen molar-refractivity contribution in [3.05, 3.63) is 35.1 Å². The van der Waals surface area contributed by atoms with E-state index in [0.29, 0.717) is 17.0 Å². The van der Waals surface area contributed by atoms with Crippen LogP contribution < -0.4 is 0 Å². The molecule has 2 atom stereocenters. The van der Waals surface area contributed by atoms with E-state index in [4.69, 9.17) is 0 Å². The predicted molar refractivity (Wildman–Crippen MR) is 79.5 cm³/mol. The smallest absolute Gasteiger partial charge is 0.183 e. The molecular weight excluding hydrogens is 253 g/mol. The van der Waals surface area contributed by atoms with Gasteiger partial charge in [-0.3, -0.25) is 9.69 Å². The van der Waals surface area contributed by atoms with Crippen molar-refractivity contribution >= 4 is 5.78 Å². The third kappa shape index (κ3) is 2.64. The van der Waals surface area contributed by atoms with Gasteiger partial charge in [0.15, 0.2) is 5.78 Å². The molecule has 2 nitrogen and oxygen atoms in total. The number of rotatable bonds is 3. The molecule has 0 amide bonds. The Kier molecular flexibility index (Phi) is 4.28. The lowest BCUT2D eigenvalue weighted by molar-refractivity contribution is 0.0486. The Labute approximate surface area is 121 Å². The summed E-state index contributed by atoms with van der Waals surface area (Å²) in [5.41, 5.74) is 0.604. The molecular formula is C17H24FNO. The lowest BCUT2D eigenvalue weighted by atomic mass is 9.71. The summed E-state index contributed by atoms with van der Waals surface area (Å²) in [6.45, 7) is 3.91. The first-order valence-electron chi connectivity index (χ1n) is 7.35. The average molecular weight is 277 g/mol. The monoisotopic (exact) mass is 277 g/mol. The Balaban J connectivity index is 2.38. The summed E-state index contributed by atoms with van der Waals surface area (Å²) in [6.07, 6.45) is 3.94. The Hall–Kier alpha value is -1.22. The van der Waals surface area contributed by atoms with Crippen LogP contribution in [0, 0.1) is 18.7 Å². The van der Waals surface area contributed by atoms with Gasteiger partial charge in [-0.1, -0.05) is 31.9 Å². The minimum Gasteiger partial charge on any atom is -0.297 e. The fraction of sp³-hybridized carbons (Fsp3) is 0.588. The summed E-state index contributed by atoms with van der Waals surface area (Å²) in [5, 5.41) is 0. The molecule has 110 valence electrons. The lowest BCUT2D eigenvalue weighted by Crippen LogP contribution is -2.53. The van der Waals surface area contributed by atoms with Crippen LogP contribution >= 0.6 is 0 Å². The third-order valence-corrected chi connectivity index (χ3v) is 4.69. The van der Waals surface area contributed by atoms with Gasteiger partial charge < -0.3 is 0 Å². The van der Waals surface area contributed by atoms with Gasteiger partial charge in [0.05, 0.1) is 5.54 Å². The molecule has 1 aromatic carbocycles. The summed E-state index contributed by atoms with van der Waals surface area (Å²) < 4.78 is 13.7. The second-order valence-corrected chi connectivity index (χ2v) is 6.42. The number of nitrogens with zero attached hydrogens (tertiary/aromatic N) is 1. The van der Waals surface area contributed by atoms with E-state index in [9.17, 15) is 9.18 Å². The highest BCUT2D eigenvalue weighted by Crippen LogP contribution is 2.38. The van der Waals surface area contributed by atoms with E-state index in [1.807, 2.05) is 19.0 Å².